The Kier molecular flexibility index (Phi) is 10.8. The Morgan fingerprint density at radius 2 is 1.48 bits per heavy atom. The number of amides is 1. The van der Waals surface area contributed by atoms with Crippen molar-refractivity contribution in [1.82, 2.24) is 0 Å². The number of carbonyl (C=O) groups excluding carboxylic acids is 4. The van der Waals surface area contributed by atoms with Crippen LogP contribution in [0.2, 0.25) is 5.02 Å². The number of nitrogens with zero attached hydrogens (tertiary/aromatic N) is 1. The number of aryl methyl sites for hydroxylation is 2. The molecule has 3 rings (SSSR count). The van der Waals surface area contributed by atoms with Gasteiger partial charge >= 0.3 is 18.0 Å². The van der Waals surface area contributed by atoms with Gasteiger partial charge in [0.1, 0.15) is 19.0 Å². The number of hydrogen-bond donors (Lipinski definition) is 0. The van der Waals surface area contributed by atoms with Crippen molar-refractivity contribution in [3.63, 3.8) is 0 Å². The van der Waals surface area contributed by atoms with E-state index < -0.39 is 23.8 Å². The zero-order valence-corrected chi connectivity index (χ0v) is 23.1. The van der Waals surface area contributed by atoms with E-state index in [0.29, 0.717) is 16.8 Å². The van der Waals surface area contributed by atoms with Gasteiger partial charge in [0.25, 0.3) is 0 Å². The second kappa shape index (κ2) is 14.2. The van der Waals surface area contributed by atoms with E-state index in [4.69, 9.17) is 25.8 Å². The maximum atomic E-state index is 13.8. The van der Waals surface area contributed by atoms with Crippen LogP contribution in [0.5, 0.6) is 0 Å². The molecule has 0 fully saturated rings. The SMILES string of the molecule is CCOC(=O)CCC(=O)OCCOC(=O)N(c1ccc(C(=O)c2ccccc2C)c(Cl)c1)c1ccc(F)cc1C. The molecule has 0 heterocycles. The molecule has 0 unspecified atom stereocenters. The minimum absolute atomic E-state index is 0.110. The summed E-state index contributed by atoms with van der Waals surface area (Å²) in [4.78, 5) is 50.7. The van der Waals surface area contributed by atoms with Gasteiger partial charge in [-0.05, 0) is 68.3 Å². The summed E-state index contributed by atoms with van der Waals surface area (Å²) < 4.78 is 28.9. The third-order valence-corrected chi connectivity index (χ3v) is 6.15. The van der Waals surface area contributed by atoms with Crippen LogP contribution in [0.25, 0.3) is 0 Å². The number of halogens is 2. The molecule has 0 aliphatic carbocycles. The first-order valence-electron chi connectivity index (χ1n) is 12.6. The number of ether oxygens (including phenoxy) is 3. The smallest absolute Gasteiger partial charge is 0.419 e. The molecule has 1 amide bonds. The number of anilines is 2. The van der Waals surface area contributed by atoms with Crippen LogP contribution < -0.4 is 4.90 Å². The van der Waals surface area contributed by atoms with Gasteiger partial charge in [0.05, 0.1) is 35.8 Å². The molecule has 0 atom stereocenters. The Labute approximate surface area is 236 Å². The quantitative estimate of drug-likeness (QED) is 0.113. The Hall–Kier alpha value is -4.24. The van der Waals surface area contributed by atoms with E-state index >= 15 is 0 Å². The largest absolute Gasteiger partial charge is 0.466 e. The van der Waals surface area contributed by atoms with Crippen molar-refractivity contribution in [1.29, 1.82) is 0 Å². The van der Waals surface area contributed by atoms with Crippen LogP contribution in [0, 0.1) is 19.7 Å². The number of benzene rings is 3. The van der Waals surface area contributed by atoms with Gasteiger partial charge in [0.15, 0.2) is 5.78 Å². The third-order valence-electron chi connectivity index (χ3n) is 5.84. The Bertz CT molecular complexity index is 1410. The lowest BCUT2D eigenvalue weighted by Crippen LogP contribution is -2.29. The van der Waals surface area contributed by atoms with Crippen molar-refractivity contribution < 1.29 is 37.8 Å². The number of rotatable bonds is 11. The molecule has 0 aliphatic heterocycles. The van der Waals surface area contributed by atoms with Crippen LogP contribution in [0.15, 0.2) is 60.7 Å². The van der Waals surface area contributed by atoms with E-state index in [2.05, 4.69) is 0 Å². The molecular formula is C30H29ClFNO7. The molecule has 0 aliphatic rings. The highest BCUT2D eigenvalue weighted by Gasteiger charge is 2.24. The molecule has 0 saturated carbocycles. The molecule has 210 valence electrons. The number of hydrogen-bond acceptors (Lipinski definition) is 7. The van der Waals surface area contributed by atoms with Crippen molar-refractivity contribution >= 4 is 46.8 Å². The molecular weight excluding hydrogens is 541 g/mol. The number of carbonyl (C=O) groups is 4. The second-order valence-corrected chi connectivity index (χ2v) is 9.12. The highest BCUT2D eigenvalue weighted by Crippen LogP contribution is 2.33. The molecule has 3 aromatic carbocycles. The van der Waals surface area contributed by atoms with Gasteiger partial charge in [-0.2, -0.15) is 0 Å². The van der Waals surface area contributed by atoms with Gasteiger partial charge in [-0.25, -0.2) is 14.1 Å². The summed E-state index contributed by atoms with van der Waals surface area (Å²) in [6.07, 6.45) is -1.13. The predicted octanol–water partition coefficient (Wildman–Crippen LogP) is 6.49. The Morgan fingerprint density at radius 1 is 0.800 bits per heavy atom. The van der Waals surface area contributed by atoms with Gasteiger partial charge < -0.3 is 14.2 Å². The van der Waals surface area contributed by atoms with Gasteiger partial charge in [-0.3, -0.25) is 14.4 Å². The molecule has 0 aromatic heterocycles. The maximum Gasteiger partial charge on any atom is 0.419 e. The van der Waals surface area contributed by atoms with Gasteiger partial charge in [-0.1, -0.05) is 35.9 Å². The number of esters is 2. The fourth-order valence-electron chi connectivity index (χ4n) is 3.87. The summed E-state index contributed by atoms with van der Waals surface area (Å²) in [5.41, 5.74) is 2.59. The van der Waals surface area contributed by atoms with Crippen molar-refractivity contribution in [2.45, 2.75) is 33.6 Å². The highest BCUT2D eigenvalue weighted by atomic mass is 35.5. The standard InChI is InChI=1S/C30H29ClFNO7/c1-4-38-27(34)13-14-28(35)39-15-16-40-30(37)33(26-12-9-21(32)17-20(26)3)22-10-11-24(25(31)18-22)29(36)23-8-6-5-7-19(23)2/h5-12,17-18H,4,13-16H2,1-3H3. The van der Waals surface area contributed by atoms with Crippen LogP contribution in [0.3, 0.4) is 0 Å². The lowest BCUT2D eigenvalue weighted by Gasteiger charge is -2.24. The molecule has 0 spiro atoms. The zero-order valence-electron chi connectivity index (χ0n) is 22.4. The molecule has 10 heteroatoms. The summed E-state index contributed by atoms with van der Waals surface area (Å²) in [5.74, 6) is -1.91. The van der Waals surface area contributed by atoms with Crippen LogP contribution in [-0.4, -0.2) is 43.6 Å². The molecule has 0 N–H and O–H groups in total. The molecule has 3 aromatic rings. The van der Waals surface area contributed by atoms with E-state index in [-0.39, 0.29) is 54.7 Å². The summed E-state index contributed by atoms with van der Waals surface area (Å²) in [6.45, 7) is 4.80. The van der Waals surface area contributed by atoms with Gasteiger partial charge in [0.2, 0.25) is 0 Å². The van der Waals surface area contributed by atoms with E-state index in [1.807, 2.05) is 19.1 Å². The first-order chi connectivity index (χ1) is 19.1. The Balaban J connectivity index is 1.77. The van der Waals surface area contributed by atoms with Crippen molar-refractivity contribution in [3.05, 3.63) is 93.8 Å². The maximum absolute atomic E-state index is 13.8. The summed E-state index contributed by atoms with van der Waals surface area (Å²) in [6, 6.07) is 15.5. The van der Waals surface area contributed by atoms with Crippen LogP contribution in [0.4, 0.5) is 20.6 Å². The van der Waals surface area contributed by atoms with E-state index in [9.17, 15) is 23.6 Å². The minimum atomic E-state index is -0.841. The van der Waals surface area contributed by atoms with Crippen molar-refractivity contribution in [3.8, 4) is 0 Å². The molecule has 0 bridgehead atoms. The summed E-state index contributed by atoms with van der Waals surface area (Å²) in [5, 5.41) is 0.110. The van der Waals surface area contributed by atoms with E-state index in [0.717, 1.165) is 5.56 Å². The van der Waals surface area contributed by atoms with Crippen molar-refractivity contribution in [2.75, 3.05) is 24.7 Å². The molecule has 0 radical (unpaired) electrons. The summed E-state index contributed by atoms with van der Waals surface area (Å²) in [7, 11) is 0. The second-order valence-electron chi connectivity index (χ2n) is 8.71. The first kappa shape index (κ1) is 30.3. The fourth-order valence-corrected chi connectivity index (χ4v) is 4.13. The van der Waals surface area contributed by atoms with Crippen molar-refractivity contribution in [2.24, 2.45) is 0 Å². The van der Waals surface area contributed by atoms with E-state index in [1.54, 1.807) is 26.0 Å². The average Bonchev–Trinajstić information content (AvgIpc) is 2.91. The van der Waals surface area contributed by atoms with Gasteiger partial charge in [-0.15, -0.1) is 0 Å². The number of ketones is 1. The predicted molar refractivity (Wildman–Crippen MR) is 148 cm³/mol. The fraction of sp³-hybridized carbons (Fsp3) is 0.267. The Morgan fingerprint density at radius 3 is 2.12 bits per heavy atom. The average molecular weight is 570 g/mol. The summed E-state index contributed by atoms with van der Waals surface area (Å²) >= 11 is 6.51. The van der Waals surface area contributed by atoms with E-state index in [1.165, 1.54) is 41.3 Å². The third kappa shape index (κ3) is 7.89. The highest BCUT2D eigenvalue weighted by molar-refractivity contribution is 6.35. The monoisotopic (exact) mass is 569 g/mol. The molecule has 0 saturated heterocycles. The van der Waals surface area contributed by atoms with Crippen LogP contribution in [-0.2, 0) is 23.8 Å². The lowest BCUT2D eigenvalue weighted by atomic mass is 9.99. The lowest BCUT2D eigenvalue weighted by molar-refractivity contribution is -0.150. The first-order valence-corrected chi connectivity index (χ1v) is 12.9. The van der Waals surface area contributed by atoms with Crippen LogP contribution in [0.1, 0.15) is 46.8 Å². The van der Waals surface area contributed by atoms with Crippen LogP contribution >= 0.6 is 11.6 Å². The zero-order chi connectivity index (χ0) is 29.2. The molecule has 8 nitrogen and oxygen atoms in total. The normalized spacial score (nSPS) is 10.5. The minimum Gasteiger partial charge on any atom is -0.466 e. The topological polar surface area (TPSA) is 99.2 Å². The van der Waals surface area contributed by atoms with Gasteiger partial charge in [0, 0.05) is 11.1 Å². The molecule has 40 heavy (non-hydrogen) atoms.